The quantitative estimate of drug-likeness (QED) is 0.774. The molecule has 1 atom stereocenters. The zero-order valence-electron chi connectivity index (χ0n) is 15.3. The molecule has 0 saturated carbocycles. The SMILES string of the molecule is Cc1cc2c(o1)CC(C)(C)CC2NC(=O)NCCC(=O)NC(C)C. The molecule has 6 nitrogen and oxygen atoms in total. The van der Waals surface area contributed by atoms with Gasteiger partial charge in [0, 0.05) is 31.0 Å². The fraction of sp³-hybridized carbons (Fsp3) is 0.667. The van der Waals surface area contributed by atoms with Crippen LogP contribution in [0.25, 0.3) is 0 Å². The first kappa shape index (κ1) is 18.4. The summed E-state index contributed by atoms with van der Waals surface area (Å²) in [5.41, 5.74) is 1.14. The molecule has 0 fully saturated rings. The first-order valence-electron chi connectivity index (χ1n) is 8.59. The molecule has 0 spiro atoms. The number of nitrogens with one attached hydrogen (secondary N) is 3. The van der Waals surface area contributed by atoms with Gasteiger partial charge in [-0.3, -0.25) is 4.79 Å². The Morgan fingerprint density at radius 3 is 2.75 bits per heavy atom. The summed E-state index contributed by atoms with van der Waals surface area (Å²) in [6, 6.07) is 1.80. The number of rotatable bonds is 5. The third-order valence-corrected chi connectivity index (χ3v) is 4.13. The van der Waals surface area contributed by atoms with Gasteiger partial charge in [0.1, 0.15) is 11.5 Å². The molecule has 3 amide bonds. The van der Waals surface area contributed by atoms with E-state index in [2.05, 4.69) is 29.8 Å². The van der Waals surface area contributed by atoms with Crippen LogP contribution in [0.15, 0.2) is 10.5 Å². The number of fused-ring (bicyclic) bond motifs is 1. The van der Waals surface area contributed by atoms with Gasteiger partial charge in [-0.2, -0.15) is 0 Å². The van der Waals surface area contributed by atoms with Crippen LogP contribution < -0.4 is 16.0 Å². The Kier molecular flexibility index (Phi) is 5.57. The highest BCUT2D eigenvalue weighted by atomic mass is 16.3. The lowest BCUT2D eigenvalue weighted by Gasteiger charge is -2.34. The minimum atomic E-state index is -0.250. The molecule has 134 valence electrons. The van der Waals surface area contributed by atoms with E-state index in [0.29, 0.717) is 6.54 Å². The van der Waals surface area contributed by atoms with Crippen LogP contribution in [0, 0.1) is 12.3 Å². The van der Waals surface area contributed by atoms with E-state index in [-0.39, 0.29) is 35.9 Å². The van der Waals surface area contributed by atoms with Gasteiger partial charge in [-0.05, 0) is 38.7 Å². The van der Waals surface area contributed by atoms with Crippen molar-refractivity contribution in [2.75, 3.05) is 6.54 Å². The van der Waals surface area contributed by atoms with Gasteiger partial charge >= 0.3 is 6.03 Å². The van der Waals surface area contributed by atoms with E-state index in [0.717, 1.165) is 29.9 Å². The zero-order chi connectivity index (χ0) is 17.9. The number of carbonyl (C=O) groups is 2. The van der Waals surface area contributed by atoms with Crippen LogP contribution in [-0.2, 0) is 11.2 Å². The minimum absolute atomic E-state index is 0.0585. The summed E-state index contributed by atoms with van der Waals surface area (Å²) in [4.78, 5) is 23.7. The molecule has 0 aliphatic heterocycles. The van der Waals surface area contributed by atoms with Gasteiger partial charge in [-0.25, -0.2) is 4.79 Å². The molecule has 3 N–H and O–H groups in total. The molecule has 1 aliphatic rings. The maximum atomic E-state index is 12.2. The molecule has 1 aliphatic carbocycles. The van der Waals surface area contributed by atoms with Crippen molar-refractivity contribution < 1.29 is 14.0 Å². The van der Waals surface area contributed by atoms with Crippen molar-refractivity contribution in [1.82, 2.24) is 16.0 Å². The largest absolute Gasteiger partial charge is 0.466 e. The summed E-state index contributed by atoms with van der Waals surface area (Å²) in [5.74, 6) is 1.78. The average Bonchev–Trinajstić information content (AvgIpc) is 2.76. The number of hydrogen-bond acceptors (Lipinski definition) is 3. The smallest absolute Gasteiger partial charge is 0.315 e. The molecular weight excluding hydrogens is 306 g/mol. The highest BCUT2D eigenvalue weighted by molar-refractivity contribution is 5.78. The molecule has 6 heteroatoms. The summed E-state index contributed by atoms with van der Waals surface area (Å²) in [6.07, 6.45) is 2.02. The van der Waals surface area contributed by atoms with Gasteiger partial charge in [0.2, 0.25) is 5.91 Å². The second kappa shape index (κ2) is 7.28. The van der Waals surface area contributed by atoms with Crippen molar-refractivity contribution >= 4 is 11.9 Å². The number of aryl methyl sites for hydroxylation is 1. The van der Waals surface area contributed by atoms with Gasteiger partial charge < -0.3 is 20.4 Å². The van der Waals surface area contributed by atoms with Gasteiger partial charge in [0.25, 0.3) is 0 Å². The van der Waals surface area contributed by atoms with E-state index in [1.54, 1.807) is 0 Å². The molecule has 1 unspecified atom stereocenters. The summed E-state index contributed by atoms with van der Waals surface area (Å²) in [5, 5.41) is 8.58. The molecule has 1 aromatic heterocycles. The highest BCUT2D eigenvalue weighted by Gasteiger charge is 2.35. The van der Waals surface area contributed by atoms with Crippen molar-refractivity contribution in [2.45, 2.75) is 66.0 Å². The van der Waals surface area contributed by atoms with Crippen LogP contribution in [-0.4, -0.2) is 24.5 Å². The fourth-order valence-corrected chi connectivity index (χ4v) is 3.21. The third kappa shape index (κ3) is 5.01. The number of carbonyl (C=O) groups excluding carboxylic acids is 2. The lowest BCUT2D eigenvalue weighted by molar-refractivity contribution is -0.121. The Morgan fingerprint density at radius 1 is 1.38 bits per heavy atom. The zero-order valence-corrected chi connectivity index (χ0v) is 15.3. The third-order valence-electron chi connectivity index (χ3n) is 4.13. The Hall–Kier alpha value is -1.98. The minimum Gasteiger partial charge on any atom is -0.466 e. The van der Waals surface area contributed by atoms with Crippen LogP contribution in [0.1, 0.15) is 63.7 Å². The van der Waals surface area contributed by atoms with E-state index in [4.69, 9.17) is 4.42 Å². The standard InChI is InChI=1S/C18H29N3O3/c1-11(2)20-16(22)6-7-19-17(23)21-14-9-18(4,5)10-15-13(14)8-12(3)24-15/h8,11,14H,6-7,9-10H2,1-5H3,(H,20,22)(H2,19,21,23). The predicted octanol–water partition coefficient (Wildman–Crippen LogP) is 2.82. The Balaban J connectivity index is 1.88. The monoisotopic (exact) mass is 335 g/mol. The van der Waals surface area contributed by atoms with Gasteiger partial charge in [0.15, 0.2) is 0 Å². The molecule has 1 aromatic rings. The summed E-state index contributed by atoms with van der Waals surface area (Å²) >= 11 is 0. The molecular formula is C18H29N3O3. The second-order valence-electron chi connectivity index (χ2n) is 7.71. The van der Waals surface area contributed by atoms with E-state index < -0.39 is 0 Å². The molecule has 0 saturated heterocycles. The average molecular weight is 335 g/mol. The first-order valence-corrected chi connectivity index (χ1v) is 8.59. The van der Waals surface area contributed by atoms with E-state index in [9.17, 15) is 9.59 Å². The molecule has 0 bridgehead atoms. The Labute approximate surface area is 143 Å². The summed E-state index contributed by atoms with van der Waals surface area (Å²) in [7, 11) is 0. The predicted molar refractivity (Wildman–Crippen MR) is 92.7 cm³/mol. The lowest BCUT2D eigenvalue weighted by Crippen LogP contribution is -2.42. The molecule has 0 radical (unpaired) electrons. The normalized spacial score (nSPS) is 18.8. The maximum absolute atomic E-state index is 12.2. The number of amides is 3. The summed E-state index contributed by atoms with van der Waals surface area (Å²) < 4.78 is 5.78. The van der Waals surface area contributed by atoms with Gasteiger partial charge in [-0.15, -0.1) is 0 Å². The molecule has 2 rings (SSSR count). The lowest BCUT2D eigenvalue weighted by atomic mass is 9.75. The van der Waals surface area contributed by atoms with Crippen LogP contribution in [0.2, 0.25) is 0 Å². The van der Waals surface area contributed by atoms with Gasteiger partial charge in [0.05, 0.1) is 6.04 Å². The Morgan fingerprint density at radius 2 is 2.08 bits per heavy atom. The van der Waals surface area contributed by atoms with Gasteiger partial charge in [-0.1, -0.05) is 13.8 Å². The molecule has 24 heavy (non-hydrogen) atoms. The number of urea groups is 1. The van der Waals surface area contributed by atoms with Crippen LogP contribution in [0.5, 0.6) is 0 Å². The topological polar surface area (TPSA) is 83.4 Å². The maximum Gasteiger partial charge on any atom is 0.315 e. The number of hydrogen-bond donors (Lipinski definition) is 3. The van der Waals surface area contributed by atoms with E-state index >= 15 is 0 Å². The van der Waals surface area contributed by atoms with E-state index in [1.165, 1.54) is 0 Å². The van der Waals surface area contributed by atoms with Crippen LogP contribution in [0.3, 0.4) is 0 Å². The van der Waals surface area contributed by atoms with Crippen LogP contribution in [0.4, 0.5) is 4.79 Å². The highest BCUT2D eigenvalue weighted by Crippen LogP contribution is 2.41. The van der Waals surface area contributed by atoms with Crippen LogP contribution >= 0.6 is 0 Å². The van der Waals surface area contributed by atoms with Crippen molar-refractivity contribution in [2.24, 2.45) is 5.41 Å². The Bertz CT molecular complexity index is 605. The molecule has 1 heterocycles. The second-order valence-corrected chi connectivity index (χ2v) is 7.71. The number of furan rings is 1. The van der Waals surface area contributed by atoms with Crippen molar-refractivity contribution in [3.63, 3.8) is 0 Å². The van der Waals surface area contributed by atoms with Crippen molar-refractivity contribution in [1.29, 1.82) is 0 Å². The first-order chi connectivity index (χ1) is 11.2. The fourth-order valence-electron chi connectivity index (χ4n) is 3.21. The van der Waals surface area contributed by atoms with Crippen molar-refractivity contribution in [3.05, 3.63) is 23.2 Å². The van der Waals surface area contributed by atoms with Crippen molar-refractivity contribution in [3.8, 4) is 0 Å². The summed E-state index contributed by atoms with van der Waals surface area (Å²) in [6.45, 7) is 10.4. The molecule has 0 aromatic carbocycles. The van der Waals surface area contributed by atoms with E-state index in [1.807, 2.05) is 26.8 Å².